The van der Waals surface area contributed by atoms with Gasteiger partial charge >= 0.3 is 0 Å². The first-order chi connectivity index (χ1) is 9.31. The Morgan fingerprint density at radius 1 is 1.05 bits per heavy atom. The Morgan fingerprint density at radius 2 is 1.79 bits per heavy atom. The molecule has 0 saturated heterocycles. The van der Waals surface area contributed by atoms with Crippen LogP contribution in [0.2, 0.25) is 0 Å². The Hall–Kier alpha value is -1.15. The fraction of sp³-hybridized carbons (Fsp3) is 0.412. The minimum atomic E-state index is 0.464. The van der Waals surface area contributed by atoms with Gasteiger partial charge in [0.15, 0.2) is 0 Å². The van der Waals surface area contributed by atoms with Gasteiger partial charge in [0.05, 0.1) is 0 Å². The summed E-state index contributed by atoms with van der Waals surface area (Å²) in [6, 6.07) is 15.2. The Balaban J connectivity index is 1.74. The van der Waals surface area contributed by atoms with E-state index in [0.717, 1.165) is 6.54 Å². The van der Waals surface area contributed by atoms with Gasteiger partial charge in [0.1, 0.15) is 0 Å². The van der Waals surface area contributed by atoms with Crippen molar-refractivity contribution in [2.75, 3.05) is 18.1 Å². The molecule has 2 aromatic carbocycles. The molecular formula is C17H21NS. The van der Waals surface area contributed by atoms with E-state index in [0.29, 0.717) is 4.75 Å². The highest BCUT2D eigenvalue weighted by atomic mass is 32.2. The summed E-state index contributed by atoms with van der Waals surface area (Å²) < 4.78 is 0.464. The van der Waals surface area contributed by atoms with Gasteiger partial charge in [-0.05, 0) is 42.0 Å². The molecule has 1 nitrogen and oxygen atoms in total. The van der Waals surface area contributed by atoms with Gasteiger partial charge in [-0.25, -0.2) is 0 Å². The molecule has 19 heavy (non-hydrogen) atoms. The molecule has 0 amide bonds. The summed E-state index contributed by atoms with van der Waals surface area (Å²) in [7, 11) is 0. The van der Waals surface area contributed by atoms with E-state index in [1.165, 1.54) is 42.1 Å². The topological polar surface area (TPSA) is 12.0 Å². The van der Waals surface area contributed by atoms with Gasteiger partial charge in [-0.3, -0.25) is 0 Å². The maximum Gasteiger partial charge on any atom is 0.0347 e. The summed E-state index contributed by atoms with van der Waals surface area (Å²) in [5.74, 6) is 0. The van der Waals surface area contributed by atoms with Crippen LogP contribution in [0, 0.1) is 0 Å². The van der Waals surface area contributed by atoms with Crippen LogP contribution in [0.3, 0.4) is 0 Å². The van der Waals surface area contributed by atoms with E-state index < -0.39 is 0 Å². The monoisotopic (exact) mass is 271 g/mol. The first kappa shape index (κ1) is 12.9. The predicted molar refractivity (Wildman–Crippen MR) is 87.2 cm³/mol. The van der Waals surface area contributed by atoms with Gasteiger partial charge in [-0.2, -0.15) is 11.8 Å². The van der Waals surface area contributed by atoms with Crippen molar-refractivity contribution < 1.29 is 0 Å². The van der Waals surface area contributed by atoms with Crippen molar-refractivity contribution in [2.45, 2.75) is 30.4 Å². The summed E-state index contributed by atoms with van der Waals surface area (Å²) >= 11 is 2.04. The maximum atomic E-state index is 3.65. The highest BCUT2D eigenvalue weighted by Gasteiger charge is 2.32. The molecule has 0 aromatic heterocycles. The van der Waals surface area contributed by atoms with Gasteiger partial charge in [0.25, 0.3) is 0 Å². The van der Waals surface area contributed by atoms with Crippen molar-refractivity contribution >= 4 is 28.2 Å². The van der Waals surface area contributed by atoms with Crippen LogP contribution < -0.4 is 5.32 Å². The highest BCUT2D eigenvalue weighted by Crippen LogP contribution is 2.40. The van der Waals surface area contributed by atoms with Crippen molar-refractivity contribution in [2.24, 2.45) is 0 Å². The molecule has 0 atom stereocenters. The van der Waals surface area contributed by atoms with Gasteiger partial charge in [-0.1, -0.05) is 43.2 Å². The average Bonchev–Trinajstić information content (AvgIpc) is 2.94. The van der Waals surface area contributed by atoms with Crippen LogP contribution in [0.25, 0.3) is 10.8 Å². The van der Waals surface area contributed by atoms with Crippen LogP contribution in [-0.2, 0) is 0 Å². The Bertz CT molecular complexity index is 558. The third kappa shape index (κ3) is 2.74. The lowest BCUT2D eigenvalue weighted by Gasteiger charge is -2.27. The molecule has 1 fully saturated rings. The van der Waals surface area contributed by atoms with Crippen molar-refractivity contribution in [1.82, 2.24) is 0 Å². The number of thioether (sulfide) groups is 1. The molecule has 3 rings (SSSR count). The van der Waals surface area contributed by atoms with E-state index in [1.807, 2.05) is 11.8 Å². The van der Waals surface area contributed by atoms with E-state index in [4.69, 9.17) is 0 Å². The zero-order chi connectivity index (χ0) is 13.1. The second kappa shape index (κ2) is 5.46. The molecular weight excluding hydrogens is 250 g/mol. The molecule has 2 heteroatoms. The molecule has 0 heterocycles. The standard InChI is InChI=1S/C17H21NS/c1-19-17(10-4-5-11-17)13-18-16-9-8-14-6-2-3-7-15(14)12-16/h2-3,6-9,12,18H,4-5,10-11,13H2,1H3. The first-order valence-corrected chi connectivity index (χ1v) is 8.32. The SMILES string of the molecule is CSC1(CNc2ccc3ccccc3c2)CCCC1. The lowest BCUT2D eigenvalue weighted by molar-refractivity contribution is 0.640. The summed E-state index contributed by atoms with van der Waals surface area (Å²) in [4.78, 5) is 0. The molecule has 2 aromatic rings. The fourth-order valence-corrected chi connectivity index (χ4v) is 3.95. The molecule has 100 valence electrons. The summed E-state index contributed by atoms with van der Waals surface area (Å²) in [6.45, 7) is 1.09. The lowest BCUT2D eigenvalue weighted by atomic mass is 10.1. The second-order valence-electron chi connectivity index (χ2n) is 5.51. The van der Waals surface area contributed by atoms with E-state index in [2.05, 4.69) is 54.0 Å². The van der Waals surface area contributed by atoms with E-state index in [1.54, 1.807) is 0 Å². The molecule has 1 saturated carbocycles. The van der Waals surface area contributed by atoms with Gasteiger partial charge in [0.2, 0.25) is 0 Å². The summed E-state index contributed by atoms with van der Waals surface area (Å²) in [5.41, 5.74) is 1.25. The quantitative estimate of drug-likeness (QED) is 0.846. The van der Waals surface area contributed by atoms with Gasteiger partial charge < -0.3 is 5.32 Å². The number of nitrogens with one attached hydrogen (secondary N) is 1. The molecule has 0 radical (unpaired) electrons. The molecule has 0 bridgehead atoms. The lowest BCUT2D eigenvalue weighted by Crippen LogP contribution is -2.29. The van der Waals surface area contributed by atoms with Gasteiger partial charge in [-0.15, -0.1) is 0 Å². The van der Waals surface area contributed by atoms with Crippen LogP contribution in [0.15, 0.2) is 42.5 Å². The normalized spacial score (nSPS) is 17.7. The molecule has 0 spiro atoms. The minimum absolute atomic E-state index is 0.464. The molecule has 1 aliphatic rings. The number of benzene rings is 2. The van der Waals surface area contributed by atoms with E-state index >= 15 is 0 Å². The minimum Gasteiger partial charge on any atom is -0.384 e. The zero-order valence-corrected chi connectivity index (χ0v) is 12.3. The third-order valence-electron chi connectivity index (χ3n) is 4.31. The largest absolute Gasteiger partial charge is 0.384 e. The van der Waals surface area contributed by atoms with Crippen LogP contribution >= 0.6 is 11.8 Å². The highest BCUT2D eigenvalue weighted by molar-refractivity contribution is 8.00. The summed E-state index contributed by atoms with van der Waals surface area (Å²) in [5, 5.41) is 6.28. The van der Waals surface area contributed by atoms with E-state index in [-0.39, 0.29) is 0 Å². The van der Waals surface area contributed by atoms with Crippen molar-refractivity contribution in [3.63, 3.8) is 0 Å². The number of hydrogen-bond donors (Lipinski definition) is 1. The molecule has 1 N–H and O–H groups in total. The Morgan fingerprint density at radius 3 is 2.53 bits per heavy atom. The third-order valence-corrected chi connectivity index (χ3v) is 5.73. The molecule has 0 unspecified atom stereocenters. The van der Waals surface area contributed by atoms with E-state index in [9.17, 15) is 0 Å². The maximum absolute atomic E-state index is 3.65. The predicted octanol–water partition coefficient (Wildman–Crippen LogP) is 4.93. The van der Waals surface area contributed by atoms with Crippen LogP contribution in [0.1, 0.15) is 25.7 Å². The van der Waals surface area contributed by atoms with Crippen molar-refractivity contribution in [1.29, 1.82) is 0 Å². The van der Waals surface area contributed by atoms with Crippen LogP contribution in [0.5, 0.6) is 0 Å². The Kier molecular flexibility index (Phi) is 3.69. The number of rotatable bonds is 4. The number of anilines is 1. The smallest absolute Gasteiger partial charge is 0.0347 e. The number of fused-ring (bicyclic) bond motifs is 1. The fourth-order valence-electron chi connectivity index (χ4n) is 3.03. The zero-order valence-electron chi connectivity index (χ0n) is 11.5. The summed E-state index contributed by atoms with van der Waals surface area (Å²) in [6.07, 6.45) is 7.75. The molecule has 1 aliphatic carbocycles. The van der Waals surface area contributed by atoms with Crippen LogP contribution in [0.4, 0.5) is 5.69 Å². The molecule has 0 aliphatic heterocycles. The van der Waals surface area contributed by atoms with Gasteiger partial charge in [0, 0.05) is 17.0 Å². The van der Waals surface area contributed by atoms with Crippen LogP contribution in [-0.4, -0.2) is 17.5 Å². The second-order valence-corrected chi connectivity index (χ2v) is 6.78. The Labute approximate surface area is 119 Å². The first-order valence-electron chi connectivity index (χ1n) is 7.09. The number of hydrogen-bond acceptors (Lipinski definition) is 2. The van der Waals surface area contributed by atoms with Crippen molar-refractivity contribution in [3.8, 4) is 0 Å². The van der Waals surface area contributed by atoms with Crippen molar-refractivity contribution in [3.05, 3.63) is 42.5 Å². The average molecular weight is 271 g/mol.